The van der Waals surface area contributed by atoms with Crippen molar-refractivity contribution >= 4 is 17.9 Å². The lowest BCUT2D eigenvalue weighted by Gasteiger charge is -2.34. The van der Waals surface area contributed by atoms with E-state index in [2.05, 4.69) is 4.74 Å². The zero-order chi connectivity index (χ0) is 17.0. The van der Waals surface area contributed by atoms with E-state index in [0.29, 0.717) is 31.1 Å². The number of nitrogens with zero attached hydrogens (tertiary/aromatic N) is 2. The summed E-state index contributed by atoms with van der Waals surface area (Å²) in [5.74, 6) is -0.142. The van der Waals surface area contributed by atoms with E-state index in [1.807, 2.05) is 18.2 Å². The normalized spacial score (nSPS) is 16.7. The second-order valence-electron chi connectivity index (χ2n) is 5.49. The van der Waals surface area contributed by atoms with Crippen molar-refractivity contribution in [1.29, 1.82) is 0 Å². The summed E-state index contributed by atoms with van der Waals surface area (Å²) in [5, 5.41) is 0. The molecule has 1 aromatic carbocycles. The second kappa shape index (κ2) is 7.44. The first-order valence-corrected chi connectivity index (χ1v) is 8.10. The van der Waals surface area contributed by atoms with Gasteiger partial charge in [0, 0.05) is 32.1 Å². The maximum atomic E-state index is 12.4. The largest absolute Gasteiger partial charge is 0.573 e. The highest BCUT2D eigenvalue weighted by Gasteiger charge is 2.32. The third-order valence-corrected chi connectivity index (χ3v) is 4.50. The van der Waals surface area contributed by atoms with Gasteiger partial charge in [-0.2, -0.15) is 0 Å². The summed E-state index contributed by atoms with van der Waals surface area (Å²) in [4.78, 5) is 14.1. The van der Waals surface area contributed by atoms with Crippen LogP contribution >= 0.6 is 11.9 Å². The van der Waals surface area contributed by atoms with Gasteiger partial charge in [0.2, 0.25) is 5.91 Å². The number of halogens is 3. The summed E-state index contributed by atoms with van der Waals surface area (Å²) < 4.78 is 43.3. The van der Waals surface area contributed by atoms with Crippen molar-refractivity contribution in [1.82, 2.24) is 9.21 Å². The Labute approximate surface area is 137 Å². The van der Waals surface area contributed by atoms with Crippen LogP contribution in [0.3, 0.4) is 0 Å². The van der Waals surface area contributed by atoms with E-state index in [4.69, 9.17) is 0 Å². The highest BCUT2D eigenvalue weighted by atomic mass is 32.2. The predicted molar refractivity (Wildman–Crippen MR) is 82.0 cm³/mol. The second-order valence-corrected chi connectivity index (χ2v) is 6.63. The number of carbonyl (C=O) groups is 1. The Kier molecular flexibility index (Phi) is 5.80. The number of carbonyl (C=O) groups excluding carboxylic acids is 1. The summed E-state index contributed by atoms with van der Waals surface area (Å²) in [6.45, 7) is 6.06. The fourth-order valence-electron chi connectivity index (χ4n) is 2.24. The maximum Gasteiger partial charge on any atom is 0.573 e. The van der Waals surface area contributed by atoms with Crippen LogP contribution in [0.1, 0.15) is 13.8 Å². The number of rotatable bonds is 4. The summed E-state index contributed by atoms with van der Waals surface area (Å²) >= 11 is 1.22. The Morgan fingerprint density at radius 3 is 2.35 bits per heavy atom. The fraction of sp³-hybridized carbons (Fsp3) is 0.533. The minimum atomic E-state index is -4.71. The summed E-state index contributed by atoms with van der Waals surface area (Å²) in [5.41, 5.74) is 0. The van der Waals surface area contributed by atoms with Crippen molar-refractivity contribution in [3.63, 3.8) is 0 Å². The molecule has 1 aliphatic rings. The molecule has 0 aliphatic carbocycles. The van der Waals surface area contributed by atoms with E-state index in [0.717, 1.165) is 0 Å². The molecule has 0 radical (unpaired) electrons. The van der Waals surface area contributed by atoms with Crippen LogP contribution in [0, 0.1) is 5.92 Å². The Morgan fingerprint density at radius 2 is 1.78 bits per heavy atom. The Bertz CT molecular complexity index is 544. The molecule has 128 valence electrons. The maximum absolute atomic E-state index is 12.4. The van der Waals surface area contributed by atoms with Gasteiger partial charge >= 0.3 is 6.36 Å². The molecule has 1 fully saturated rings. The zero-order valence-corrected chi connectivity index (χ0v) is 13.8. The number of hydrogen-bond donors (Lipinski definition) is 0. The van der Waals surface area contributed by atoms with E-state index in [1.54, 1.807) is 17.0 Å². The summed E-state index contributed by atoms with van der Waals surface area (Å²) in [7, 11) is 0. The van der Waals surface area contributed by atoms with Crippen LogP contribution in [-0.4, -0.2) is 47.7 Å². The average Bonchev–Trinajstić information content (AvgIpc) is 2.48. The van der Waals surface area contributed by atoms with Crippen molar-refractivity contribution in [2.75, 3.05) is 26.2 Å². The predicted octanol–water partition coefficient (Wildman–Crippen LogP) is 3.39. The molecule has 1 saturated heterocycles. The minimum absolute atomic E-state index is 0.0462. The lowest BCUT2D eigenvalue weighted by Crippen LogP contribution is -2.47. The van der Waals surface area contributed by atoms with E-state index < -0.39 is 6.36 Å². The number of ether oxygens (including phenoxy) is 1. The van der Waals surface area contributed by atoms with Crippen LogP contribution in [0.4, 0.5) is 13.2 Å². The van der Waals surface area contributed by atoms with Gasteiger partial charge in [0.05, 0.1) is 4.90 Å². The third-order valence-electron chi connectivity index (χ3n) is 3.35. The van der Waals surface area contributed by atoms with Crippen LogP contribution in [0.25, 0.3) is 0 Å². The van der Waals surface area contributed by atoms with E-state index in [1.165, 1.54) is 24.1 Å². The molecule has 1 heterocycles. The Morgan fingerprint density at radius 1 is 1.17 bits per heavy atom. The summed E-state index contributed by atoms with van der Waals surface area (Å²) in [6, 6.07) is 6.07. The Balaban J connectivity index is 1.96. The molecular formula is C15H19F3N2O2S. The monoisotopic (exact) mass is 348 g/mol. The summed E-state index contributed by atoms with van der Waals surface area (Å²) in [6.07, 6.45) is -4.71. The fourth-order valence-corrected chi connectivity index (χ4v) is 3.20. The first-order chi connectivity index (χ1) is 10.8. The highest BCUT2D eigenvalue weighted by molar-refractivity contribution is 7.97. The lowest BCUT2D eigenvalue weighted by molar-refractivity contribution is -0.275. The molecule has 0 aromatic heterocycles. The van der Waals surface area contributed by atoms with Gasteiger partial charge in [0.15, 0.2) is 0 Å². The van der Waals surface area contributed by atoms with Crippen LogP contribution in [0.5, 0.6) is 5.75 Å². The Hall–Kier alpha value is -1.41. The molecule has 0 saturated carbocycles. The molecule has 0 bridgehead atoms. The molecule has 0 N–H and O–H groups in total. The van der Waals surface area contributed by atoms with Gasteiger partial charge < -0.3 is 9.64 Å². The topological polar surface area (TPSA) is 32.8 Å². The number of piperazine rings is 1. The van der Waals surface area contributed by atoms with E-state index in [-0.39, 0.29) is 17.6 Å². The number of alkyl halides is 3. The van der Waals surface area contributed by atoms with Crippen LogP contribution in [0.15, 0.2) is 29.2 Å². The third kappa shape index (κ3) is 5.31. The molecule has 2 rings (SSSR count). The minimum Gasteiger partial charge on any atom is -0.405 e. The van der Waals surface area contributed by atoms with Crippen LogP contribution in [-0.2, 0) is 4.79 Å². The van der Waals surface area contributed by atoms with Crippen molar-refractivity contribution in [3.8, 4) is 5.75 Å². The molecule has 1 aliphatic heterocycles. The van der Waals surface area contributed by atoms with E-state index >= 15 is 0 Å². The van der Waals surface area contributed by atoms with Crippen molar-refractivity contribution in [2.45, 2.75) is 25.1 Å². The van der Waals surface area contributed by atoms with E-state index in [9.17, 15) is 18.0 Å². The molecule has 0 atom stereocenters. The van der Waals surface area contributed by atoms with Crippen LogP contribution in [0.2, 0.25) is 0 Å². The van der Waals surface area contributed by atoms with Crippen LogP contribution < -0.4 is 4.74 Å². The van der Waals surface area contributed by atoms with Gasteiger partial charge in [-0.25, -0.2) is 4.31 Å². The molecule has 1 aromatic rings. The lowest BCUT2D eigenvalue weighted by atomic mass is 10.2. The highest BCUT2D eigenvalue weighted by Crippen LogP contribution is 2.35. The average molecular weight is 348 g/mol. The standard InChI is InChI=1S/C15H19F3N2O2S/c1-11(2)14(21)19-7-9-20(10-8-19)23-13-6-4-3-5-12(13)22-15(16,17)18/h3-6,11H,7-10H2,1-2H3. The first-order valence-electron chi connectivity index (χ1n) is 7.33. The van der Waals surface area contributed by atoms with Crippen molar-refractivity contribution in [2.24, 2.45) is 5.92 Å². The quantitative estimate of drug-likeness (QED) is 0.781. The molecule has 8 heteroatoms. The number of benzene rings is 1. The SMILES string of the molecule is CC(C)C(=O)N1CCN(Sc2ccccc2OC(F)(F)F)CC1. The smallest absolute Gasteiger partial charge is 0.405 e. The molecule has 23 heavy (non-hydrogen) atoms. The molecule has 1 amide bonds. The zero-order valence-electron chi connectivity index (χ0n) is 13.0. The van der Waals surface area contributed by atoms with Gasteiger partial charge in [0.1, 0.15) is 5.75 Å². The molecule has 0 unspecified atom stereocenters. The van der Waals surface area contributed by atoms with Gasteiger partial charge in [-0.05, 0) is 24.1 Å². The van der Waals surface area contributed by atoms with Crippen molar-refractivity contribution < 1.29 is 22.7 Å². The number of hydrogen-bond acceptors (Lipinski definition) is 4. The van der Waals surface area contributed by atoms with Gasteiger partial charge in [0.25, 0.3) is 0 Å². The number of para-hydroxylation sites is 1. The number of amides is 1. The molecule has 4 nitrogen and oxygen atoms in total. The van der Waals surface area contributed by atoms with Crippen molar-refractivity contribution in [3.05, 3.63) is 24.3 Å². The van der Waals surface area contributed by atoms with Gasteiger partial charge in [-0.15, -0.1) is 13.2 Å². The van der Waals surface area contributed by atoms with Gasteiger partial charge in [-0.3, -0.25) is 4.79 Å². The molecular weight excluding hydrogens is 329 g/mol. The molecule has 0 spiro atoms. The van der Waals surface area contributed by atoms with Gasteiger partial charge in [-0.1, -0.05) is 26.0 Å². The first kappa shape index (κ1) is 17.9.